The van der Waals surface area contributed by atoms with Crippen molar-refractivity contribution in [3.63, 3.8) is 0 Å². The SMILES string of the molecule is CCc1ccc(N2NOS(=O)(=O)O2)cc1. The molecule has 1 aromatic carbocycles. The van der Waals surface area contributed by atoms with E-state index in [0.29, 0.717) is 5.69 Å². The quantitative estimate of drug-likeness (QED) is 0.805. The van der Waals surface area contributed by atoms with Crippen LogP contribution in [0.4, 0.5) is 5.69 Å². The van der Waals surface area contributed by atoms with Crippen molar-refractivity contribution in [2.45, 2.75) is 13.3 Å². The van der Waals surface area contributed by atoms with Gasteiger partial charge in [-0.3, -0.25) is 0 Å². The van der Waals surface area contributed by atoms with Gasteiger partial charge in [-0.15, -0.1) is 13.7 Å². The summed E-state index contributed by atoms with van der Waals surface area (Å²) in [6, 6.07) is 7.22. The minimum atomic E-state index is -3.94. The van der Waals surface area contributed by atoms with Gasteiger partial charge in [0.15, 0.2) is 0 Å². The number of hydrazine groups is 1. The Morgan fingerprint density at radius 1 is 1.33 bits per heavy atom. The highest BCUT2D eigenvalue weighted by Crippen LogP contribution is 2.19. The lowest BCUT2D eigenvalue weighted by molar-refractivity contribution is 0.198. The van der Waals surface area contributed by atoms with Crippen molar-refractivity contribution in [1.82, 2.24) is 5.59 Å². The van der Waals surface area contributed by atoms with E-state index in [1.54, 1.807) is 12.1 Å². The molecule has 15 heavy (non-hydrogen) atoms. The van der Waals surface area contributed by atoms with Gasteiger partial charge in [-0.2, -0.15) is 8.42 Å². The minimum Gasteiger partial charge on any atom is -0.165 e. The van der Waals surface area contributed by atoms with Gasteiger partial charge in [-0.25, -0.2) is 0 Å². The predicted octanol–water partition coefficient (Wildman–Crippen LogP) is 0.682. The Balaban J connectivity index is 2.17. The van der Waals surface area contributed by atoms with Gasteiger partial charge in [-0.05, 0) is 24.1 Å². The predicted molar refractivity (Wildman–Crippen MR) is 52.5 cm³/mol. The number of nitrogens with zero attached hydrogens (tertiary/aromatic N) is 1. The van der Waals surface area contributed by atoms with E-state index in [2.05, 4.69) is 14.2 Å². The van der Waals surface area contributed by atoms with Crippen LogP contribution in [0.2, 0.25) is 0 Å². The fourth-order valence-corrected chi connectivity index (χ4v) is 1.65. The average Bonchev–Trinajstić information content (AvgIpc) is 2.59. The van der Waals surface area contributed by atoms with Gasteiger partial charge in [0.05, 0.1) is 5.69 Å². The third-order valence-corrected chi connectivity index (χ3v) is 2.58. The van der Waals surface area contributed by atoms with E-state index < -0.39 is 10.4 Å². The van der Waals surface area contributed by atoms with Crippen LogP contribution in [0.3, 0.4) is 0 Å². The lowest BCUT2D eigenvalue weighted by atomic mass is 10.1. The van der Waals surface area contributed by atoms with Gasteiger partial charge in [0.2, 0.25) is 0 Å². The highest BCUT2D eigenvalue weighted by Gasteiger charge is 2.28. The van der Waals surface area contributed by atoms with Crippen molar-refractivity contribution < 1.29 is 17.0 Å². The van der Waals surface area contributed by atoms with E-state index in [4.69, 9.17) is 0 Å². The molecule has 0 aliphatic carbocycles. The molecule has 0 spiro atoms. The lowest BCUT2D eigenvalue weighted by Gasteiger charge is -2.10. The number of hydrogen-bond acceptors (Lipinski definition) is 6. The molecule has 1 fully saturated rings. The van der Waals surface area contributed by atoms with E-state index in [-0.39, 0.29) is 0 Å². The van der Waals surface area contributed by atoms with Crippen LogP contribution in [0.1, 0.15) is 12.5 Å². The van der Waals surface area contributed by atoms with E-state index in [0.717, 1.165) is 17.2 Å². The fourth-order valence-electron chi connectivity index (χ4n) is 1.16. The van der Waals surface area contributed by atoms with Crippen molar-refractivity contribution in [2.24, 2.45) is 0 Å². The first-order valence-corrected chi connectivity index (χ1v) is 5.72. The number of rotatable bonds is 2. The third kappa shape index (κ3) is 2.26. The van der Waals surface area contributed by atoms with Gasteiger partial charge in [0, 0.05) is 0 Å². The highest BCUT2D eigenvalue weighted by atomic mass is 32.3. The lowest BCUT2D eigenvalue weighted by Crippen LogP contribution is -2.28. The molecule has 2 rings (SSSR count). The second-order valence-electron chi connectivity index (χ2n) is 2.97. The van der Waals surface area contributed by atoms with Gasteiger partial charge in [0.1, 0.15) is 0 Å². The van der Waals surface area contributed by atoms with Crippen LogP contribution in [0, 0.1) is 0 Å². The molecule has 0 bridgehead atoms. The van der Waals surface area contributed by atoms with Crippen molar-refractivity contribution in [3.8, 4) is 0 Å². The zero-order chi connectivity index (χ0) is 10.9. The molecule has 0 saturated carbocycles. The Morgan fingerprint density at radius 2 is 2.00 bits per heavy atom. The van der Waals surface area contributed by atoms with Crippen molar-refractivity contribution in [1.29, 1.82) is 0 Å². The maximum Gasteiger partial charge on any atom is 0.440 e. The van der Waals surface area contributed by atoms with Crippen LogP contribution in [0.25, 0.3) is 0 Å². The monoisotopic (exact) mass is 230 g/mol. The zero-order valence-electron chi connectivity index (χ0n) is 8.00. The van der Waals surface area contributed by atoms with Gasteiger partial charge >= 0.3 is 10.4 Å². The van der Waals surface area contributed by atoms with Crippen LogP contribution in [0.15, 0.2) is 24.3 Å². The number of aryl methyl sites for hydroxylation is 1. The second kappa shape index (κ2) is 3.78. The number of benzene rings is 1. The average molecular weight is 230 g/mol. The third-order valence-electron chi connectivity index (χ3n) is 1.97. The normalized spacial score (nSPS) is 19.4. The maximum atomic E-state index is 10.8. The standard InChI is InChI=1S/C8H10N2O4S/c1-2-7-3-5-8(6-4-7)10-9-13-15(11,12)14-10/h3-6,9H,2H2,1H3. The molecular weight excluding hydrogens is 220 g/mol. The summed E-state index contributed by atoms with van der Waals surface area (Å²) in [7, 11) is -3.94. The summed E-state index contributed by atoms with van der Waals surface area (Å²) in [5.41, 5.74) is 3.83. The number of hydrogen-bond donors (Lipinski definition) is 1. The summed E-state index contributed by atoms with van der Waals surface area (Å²) >= 11 is 0. The van der Waals surface area contributed by atoms with Gasteiger partial charge in [0.25, 0.3) is 0 Å². The van der Waals surface area contributed by atoms with Crippen LogP contribution in [-0.2, 0) is 25.4 Å². The molecule has 1 aliphatic rings. The van der Waals surface area contributed by atoms with Crippen LogP contribution in [-0.4, -0.2) is 8.42 Å². The highest BCUT2D eigenvalue weighted by molar-refractivity contribution is 7.82. The Hall–Kier alpha value is -1.15. The van der Waals surface area contributed by atoms with Crippen LogP contribution < -0.4 is 10.8 Å². The van der Waals surface area contributed by atoms with Crippen molar-refractivity contribution in [2.75, 3.05) is 5.17 Å². The summed E-state index contributed by atoms with van der Waals surface area (Å²) in [4.78, 5) is 0. The summed E-state index contributed by atoms with van der Waals surface area (Å²) in [5.74, 6) is 0. The summed E-state index contributed by atoms with van der Waals surface area (Å²) in [6.45, 7) is 2.03. The molecule has 1 heterocycles. The molecule has 82 valence electrons. The number of anilines is 1. The molecular formula is C8H10N2O4S. The van der Waals surface area contributed by atoms with Gasteiger partial charge < -0.3 is 0 Å². The Labute approximate surface area is 87.6 Å². The topological polar surface area (TPSA) is 67.9 Å². The Kier molecular flexibility index (Phi) is 2.61. The molecule has 0 unspecified atom stereocenters. The molecule has 7 heteroatoms. The molecule has 6 nitrogen and oxygen atoms in total. The maximum absolute atomic E-state index is 10.8. The minimum absolute atomic E-state index is 0.549. The summed E-state index contributed by atoms with van der Waals surface area (Å²) in [6.07, 6.45) is 0.920. The molecule has 1 saturated heterocycles. The molecule has 0 amide bonds. The van der Waals surface area contributed by atoms with Gasteiger partial charge in [-0.1, -0.05) is 24.6 Å². The first kappa shape index (κ1) is 10.4. The molecule has 1 aliphatic heterocycles. The first-order chi connectivity index (χ1) is 7.11. The fraction of sp³-hybridized carbons (Fsp3) is 0.250. The molecule has 1 N–H and O–H groups in total. The second-order valence-corrected chi connectivity index (χ2v) is 4.10. The van der Waals surface area contributed by atoms with E-state index in [1.807, 2.05) is 19.1 Å². The van der Waals surface area contributed by atoms with Crippen molar-refractivity contribution in [3.05, 3.63) is 29.8 Å². The van der Waals surface area contributed by atoms with Crippen LogP contribution in [0.5, 0.6) is 0 Å². The van der Waals surface area contributed by atoms with E-state index in [1.165, 1.54) is 0 Å². The molecule has 0 radical (unpaired) electrons. The number of nitrogens with one attached hydrogen (secondary N) is 1. The van der Waals surface area contributed by atoms with E-state index >= 15 is 0 Å². The molecule has 0 aromatic heterocycles. The molecule has 1 aromatic rings. The van der Waals surface area contributed by atoms with E-state index in [9.17, 15) is 8.42 Å². The zero-order valence-corrected chi connectivity index (χ0v) is 8.82. The Morgan fingerprint density at radius 3 is 2.47 bits per heavy atom. The summed E-state index contributed by atoms with van der Waals surface area (Å²) in [5, 5.41) is 0.939. The van der Waals surface area contributed by atoms with Crippen molar-refractivity contribution >= 4 is 16.1 Å². The molecule has 0 atom stereocenters. The van der Waals surface area contributed by atoms with Crippen LogP contribution >= 0.6 is 0 Å². The Bertz CT molecular complexity index is 442. The summed E-state index contributed by atoms with van der Waals surface area (Å²) < 4.78 is 30.2. The first-order valence-electron chi connectivity index (χ1n) is 4.38. The smallest absolute Gasteiger partial charge is 0.165 e. The largest absolute Gasteiger partial charge is 0.440 e.